The van der Waals surface area contributed by atoms with Crippen LogP contribution >= 0.6 is 8.58 Å². The van der Waals surface area contributed by atoms with Crippen molar-refractivity contribution in [2.45, 2.75) is 95.9 Å². The van der Waals surface area contributed by atoms with Crippen molar-refractivity contribution >= 4 is 8.58 Å². The van der Waals surface area contributed by atoms with Crippen molar-refractivity contribution in [3.63, 3.8) is 0 Å². The molecule has 4 fully saturated rings. The van der Waals surface area contributed by atoms with Crippen molar-refractivity contribution < 1.29 is 14.2 Å². The molecule has 3 nitrogen and oxygen atoms in total. The fourth-order valence-electron chi connectivity index (χ4n) is 5.37. The zero-order valence-corrected chi connectivity index (χ0v) is 20.6. The standard InChI is InChI=1S/C27H35O3P/c1-15(2)18-11-20(16(3)4)26(21(12-18)17(5)6)19-9-7-8-10-22(19)27-14-24-28-23(30-27)13-25(29-24)31-27/h7-12,15-17,23-25,31H,13-14H2,1-6H3. The summed E-state index contributed by atoms with van der Waals surface area (Å²) in [6.07, 6.45) is 1.37. The van der Waals surface area contributed by atoms with Gasteiger partial charge in [-0.05, 0) is 51.1 Å². The predicted octanol–water partition coefficient (Wildman–Crippen LogP) is 7.40. The summed E-state index contributed by atoms with van der Waals surface area (Å²) in [5.41, 5.74) is 8.39. The van der Waals surface area contributed by atoms with Crippen LogP contribution in [0.3, 0.4) is 0 Å². The van der Waals surface area contributed by atoms with Gasteiger partial charge in [0, 0.05) is 12.8 Å². The maximum absolute atomic E-state index is 6.63. The van der Waals surface area contributed by atoms with Gasteiger partial charge in [0.1, 0.15) is 5.34 Å². The highest BCUT2D eigenvalue weighted by atomic mass is 31.1. The lowest BCUT2D eigenvalue weighted by atomic mass is 9.79. The van der Waals surface area contributed by atoms with E-state index in [-0.39, 0.29) is 23.8 Å². The second kappa shape index (κ2) is 7.96. The van der Waals surface area contributed by atoms with Crippen LogP contribution in [-0.4, -0.2) is 18.4 Å². The molecule has 2 aromatic rings. The highest BCUT2D eigenvalue weighted by molar-refractivity contribution is 7.40. The topological polar surface area (TPSA) is 27.7 Å². The smallest absolute Gasteiger partial charge is 0.165 e. The highest BCUT2D eigenvalue weighted by Crippen LogP contribution is 2.63. The van der Waals surface area contributed by atoms with E-state index >= 15 is 0 Å². The number of hydrogen-bond acceptors (Lipinski definition) is 3. The lowest BCUT2D eigenvalue weighted by molar-refractivity contribution is -0.369. The van der Waals surface area contributed by atoms with Gasteiger partial charge in [0.25, 0.3) is 0 Å². The van der Waals surface area contributed by atoms with Crippen molar-refractivity contribution in [3.05, 3.63) is 58.7 Å². The maximum atomic E-state index is 6.63. The number of rotatable bonds is 5. The van der Waals surface area contributed by atoms with Crippen LogP contribution in [0.25, 0.3) is 11.1 Å². The van der Waals surface area contributed by atoms with E-state index < -0.39 is 0 Å². The van der Waals surface area contributed by atoms with Gasteiger partial charge in [-0.1, -0.05) is 86.5 Å². The number of benzene rings is 2. The van der Waals surface area contributed by atoms with Crippen molar-refractivity contribution in [3.8, 4) is 11.1 Å². The van der Waals surface area contributed by atoms with E-state index in [0.717, 1.165) is 12.8 Å². The van der Waals surface area contributed by atoms with E-state index in [9.17, 15) is 0 Å². The lowest BCUT2D eigenvalue weighted by Crippen LogP contribution is -2.55. The second-order valence-corrected chi connectivity index (χ2v) is 12.0. The van der Waals surface area contributed by atoms with Gasteiger partial charge in [0.05, 0.1) is 5.85 Å². The third-order valence-corrected chi connectivity index (χ3v) is 8.72. The zero-order chi connectivity index (χ0) is 21.9. The van der Waals surface area contributed by atoms with E-state index in [4.69, 9.17) is 14.2 Å². The van der Waals surface area contributed by atoms with Crippen LogP contribution in [0.4, 0.5) is 0 Å². The summed E-state index contributed by atoms with van der Waals surface area (Å²) in [6.45, 7) is 13.9. The van der Waals surface area contributed by atoms with Gasteiger partial charge in [0.15, 0.2) is 12.6 Å². The molecule has 0 saturated carbocycles. The summed E-state index contributed by atoms with van der Waals surface area (Å²) in [5.74, 6) is 1.68. The Morgan fingerprint density at radius 3 is 2.13 bits per heavy atom. The fourth-order valence-corrected chi connectivity index (χ4v) is 7.27. The summed E-state index contributed by atoms with van der Waals surface area (Å²) in [4.78, 5) is 0. The molecule has 5 atom stereocenters. The van der Waals surface area contributed by atoms with Gasteiger partial charge in [-0.25, -0.2) is 0 Å². The highest BCUT2D eigenvalue weighted by Gasteiger charge is 2.55. The van der Waals surface area contributed by atoms with E-state index in [1.165, 1.54) is 33.4 Å². The molecule has 4 heterocycles. The molecule has 4 saturated heterocycles. The first-order valence-electron chi connectivity index (χ1n) is 11.8. The van der Waals surface area contributed by atoms with Crippen LogP contribution in [0, 0.1) is 0 Å². The van der Waals surface area contributed by atoms with Crippen LogP contribution in [0.15, 0.2) is 36.4 Å². The zero-order valence-electron chi connectivity index (χ0n) is 19.6. The molecule has 0 aliphatic carbocycles. The molecular formula is C27H35O3P. The Hall–Kier alpha value is -1.25. The number of ether oxygens (including phenoxy) is 3. The van der Waals surface area contributed by atoms with Gasteiger partial charge in [-0.15, -0.1) is 0 Å². The molecule has 0 amide bonds. The van der Waals surface area contributed by atoms with Crippen molar-refractivity contribution in [1.29, 1.82) is 0 Å². The SMILES string of the molecule is CC(C)c1cc(C(C)C)c(-c2ccccc2C23CC4OC(CC(O4)P2)O3)c(C(C)C)c1. The van der Waals surface area contributed by atoms with E-state index in [1.807, 2.05) is 0 Å². The van der Waals surface area contributed by atoms with Gasteiger partial charge in [-0.2, -0.15) is 0 Å². The Kier molecular flexibility index (Phi) is 5.54. The Morgan fingerprint density at radius 1 is 0.871 bits per heavy atom. The van der Waals surface area contributed by atoms with Gasteiger partial charge >= 0.3 is 0 Å². The summed E-state index contributed by atoms with van der Waals surface area (Å²) < 4.78 is 18.7. The molecule has 2 aromatic carbocycles. The summed E-state index contributed by atoms with van der Waals surface area (Å²) in [7, 11) is 0.611. The Labute approximate surface area is 188 Å². The van der Waals surface area contributed by atoms with Crippen LogP contribution in [0.5, 0.6) is 0 Å². The van der Waals surface area contributed by atoms with Gasteiger partial charge in [-0.3, -0.25) is 0 Å². The lowest BCUT2D eigenvalue weighted by Gasteiger charge is -2.56. The predicted molar refractivity (Wildman–Crippen MR) is 128 cm³/mol. The average molecular weight is 439 g/mol. The fraction of sp³-hybridized carbons (Fsp3) is 0.556. The van der Waals surface area contributed by atoms with Gasteiger partial charge < -0.3 is 14.2 Å². The summed E-state index contributed by atoms with van der Waals surface area (Å²) in [5, 5.41) is -0.287. The van der Waals surface area contributed by atoms with Crippen LogP contribution in [0.2, 0.25) is 0 Å². The Balaban J connectivity index is 1.73. The minimum absolute atomic E-state index is 0.135. The molecule has 166 valence electrons. The van der Waals surface area contributed by atoms with Crippen molar-refractivity contribution in [2.24, 2.45) is 0 Å². The van der Waals surface area contributed by atoms with E-state index in [1.54, 1.807) is 0 Å². The molecule has 0 radical (unpaired) electrons. The quantitative estimate of drug-likeness (QED) is 0.455. The minimum Gasteiger partial charge on any atom is -0.345 e. The molecule has 0 spiro atoms. The molecule has 0 aromatic heterocycles. The molecular weight excluding hydrogens is 403 g/mol. The Bertz CT molecular complexity index is 914. The third kappa shape index (κ3) is 3.68. The van der Waals surface area contributed by atoms with E-state index in [2.05, 4.69) is 77.9 Å². The van der Waals surface area contributed by atoms with Crippen LogP contribution in [0.1, 0.15) is 94.4 Å². The first-order chi connectivity index (χ1) is 14.8. The summed E-state index contributed by atoms with van der Waals surface area (Å²) >= 11 is 0. The Morgan fingerprint density at radius 2 is 1.55 bits per heavy atom. The molecule has 4 bridgehead atoms. The molecule has 4 aliphatic heterocycles. The molecule has 0 N–H and O–H groups in total. The van der Waals surface area contributed by atoms with E-state index in [0.29, 0.717) is 26.3 Å². The maximum Gasteiger partial charge on any atom is 0.165 e. The average Bonchev–Trinajstić information content (AvgIpc) is 2.71. The van der Waals surface area contributed by atoms with Crippen LogP contribution < -0.4 is 0 Å². The largest absolute Gasteiger partial charge is 0.345 e. The molecule has 5 unspecified atom stereocenters. The second-order valence-electron chi connectivity index (χ2n) is 10.2. The molecule has 4 heteroatoms. The monoisotopic (exact) mass is 438 g/mol. The first kappa shape index (κ1) is 21.6. The third-order valence-electron chi connectivity index (χ3n) is 6.97. The van der Waals surface area contributed by atoms with Crippen molar-refractivity contribution in [2.75, 3.05) is 0 Å². The minimum atomic E-state index is -0.287. The molecule has 6 rings (SSSR count). The number of hydrogen-bond donors (Lipinski definition) is 0. The van der Waals surface area contributed by atoms with Gasteiger partial charge in [0.2, 0.25) is 0 Å². The summed E-state index contributed by atoms with van der Waals surface area (Å²) in [6, 6.07) is 13.8. The van der Waals surface area contributed by atoms with Crippen LogP contribution in [-0.2, 0) is 19.6 Å². The normalized spacial score (nSPS) is 30.3. The molecule has 4 aliphatic rings. The van der Waals surface area contributed by atoms with Crippen molar-refractivity contribution in [1.82, 2.24) is 0 Å². The first-order valence-corrected chi connectivity index (χ1v) is 12.9. The molecule has 31 heavy (non-hydrogen) atoms.